The molecule has 1 saturated carbocycles. The molecule has 1 atom stereocenters. The minimum absolute atomic E-state index is 0. The van der Waals surface area contributed by atoms with Crippen molar-refractivity contribution in [3.8, 4) is 0 Å². The van der Waals surface area contributed by atoms with Crippen molar-refractivity contribution in [3.05, 3.63) is 48.8 Å². The Bertz CT molecular complexity index is 1160. The number of alkyl halides is 5. The van der Waals surface area contributed by atoms with Gasteiger partial charge in [0.05, 0.1) is 30.5 Å². The van der Waals surface area contributed by atoms with Crippen LogP contribution in [0.1, 0.15) is 67.9 Å². The maximum Gasteiger partial charge on any atom is 0.389 e. The SMILES string of the molecule is C[CH-]Cn1ncc(C(=O)NCC2Nc3ccc(CNC(=O)CCC(F)(F)F)cc3N2)n1.FC1(F)CCCCC1.F[C-](F)F.[Re]. The molecule has 2 aromatic rings. The third-order valence-corrected chi connectivity index (χ3v) is 6.04. The summed E-state index contributed by atoms with van der Waals surface area (Å²) in [6, 6.07) is 5.36. The molecule has 18 heteroatoms. The zero-order valence-electron chi connectivity index (χ0n) is 23.6. The van der Waals surface area contributed by atoms with Crippen molar-refractivity contribution in [2.75, 3.05) is 17.2 Å². The van der Waals surface area contributed by atoms with Crippen LogP contribution in [0.5, 0.6) is 0 Å². The maximum absolute atomic E-state index is 12.2. The van der Waals surface area contributed by atoms with Gasteiger partial charge in [-0.05, 0) is 30.5 Å². The third kappa shape index (κ3) is 15.6. The second kappa shape index (κ2) is 18.7. The summed E-state index contributed by atoms with van der Waals surface area (Å²) in [6.07, 6.45) is -0.415. The van der Waals surface area contributed by atoms with Gasteiger partial charge in [-0.2, -0.15) is 30.3 Å². The first-order valence-electron chi connectivity index (χ1n) is 13.3. The Labute approximate surface area is 262 Å². The van der Waals surface area contributed by atoms with Gasteiger partial charge in [0.2, 0.25) is 11.8 Å². The van der Waals surface area contributed by atoms with Crippen LogP contribution in [0.2, 0.25) is 0 Å². The molecule has 0 bridgehead atoms. The average Bonchev–Trinajstić information content (AvgIpc) is 3.56. The number of carbonyl (C=O) groups is 2. The van der Waals surface area contributed by atoms with Gasteiger partial charge < -0.3 is 40.9 Å². The Morgan fingerprint density at radius 1 is 1.09 bits per heavy atom. The van der Waals surface area contributed by atoms with Crippen LogP contribution in [0.25, 0.3) is 0 Å². The number of aromatic nitrogens is 3. The van der Waals surface area contributed by atoms with Crippen LogP contribution in [0.15, 0.2) is 24.4 Å². The molecule has 0 saturated heterocycles. The normalized spacial score (nSPS) is 16.5. The average molecular weight is 814 g/mol. The number of nitrogens with zero attached hydrogens (tertiary/aromatic N) is 3. The molecular weight excluding hydrogens is 781 g/mol. The summed E-state index contributed by atoms with van der Waals surface area (Å²) in [5, 5.41) is 19.8. The predicted octanol–water partition coefficient (Wildman–Crippen LogP) is 5.98. The number of fused-ring (bicyclic) bond motifs is 1. The number of benzene rings is 1. The van der Waals surface area contributed by atoms with Crippen molar-refractivity contribution >= 4 is 23.2 Å². The molecular formula is C26H33F8N7O2Re-2. The minimum Gasteiger partial charge on any atom is -0.385 e. The summed E-state index contributed by atoms with van der Waals surface area (Å²) < 4.78 is 89.7. The van der Waals surface area contributed by atoms with E-state index in [0.717, 1.165) is 23.4 Å². The monoisotopic (exact) mass is 814 g/mol. The molecule has 0 spiro atoms. The molecule has 1 unspecified atom stereocenters. The largest absolute Gasteiger partial charge is 0.389 e. The van der Waals surface area contributed by atoms with E-state index in [4.69, 9.17) is 0 Å². The first-order valence-corrected chi connectivity index (χ1v) is 13.3. The molecule has 2 heterocycles. The zero-order valence-corrected chi connectivity index (χ0v) is 26.3. The van der Waals surface area contributed by atoms with Gasteiger partial charge in [0.1, 0.15) is 6.17 Å². The first-order chi connectivity index (χ1) is 20.2. The Morgan fingerprint density at radius 3 is 2.30 bits per heavy atom. The molecule has 2 aliphatic rings. The van der Waals surface area contributed by atoms with Gasteiger partial charge in [-0.15, -0.1) is 0 Å². The number of amides is 2. The van der Waals surface area contributed by atoms with E-state index in [-0.39, 0.29) is 64.1 Å². The molecule has 2 amide bonds. The second-order valence-electron chi connectivity index (χ2n) is 9.65. The number of anilines is 2. The molecule has 1 radical (unpaired) electrons. The molecule has 4 rings (SSSR count). The first kappa shape index (κ1) is 39.0. The van der Waals surface area contributed by atoms with Crippen LogP contribution in [0.3, 0.4) is 0 Å². The van der Waals surface area contributed by atoms with E-state index >= 15 is 0 Å². The molecule has 44 heavy (non-hydrogen) atoms. The molecule has 1 aromatic heterocycles. The molecule has 9 nitrogen and oxygen atoms in total. The molecule has 249 valence electrons. The van der Waals surface area contributed by atoms with E-state index in [0.29, 0.717) is 19.4 Å². The van der Waals surface area contributed by atoms with Crippen molar-refractivity contribution in [1.82, 2.24) is 25.6 Å². The zero-order chi connectivity index (χ0) is 32.0. The standard InChI is InChI=1S/C19H23F3N7O2.C6H10F2.CF3.Re/c1-2-7-29-25-10-15(28-29)18(31)24-11-16-26-13-4-3-12(8-14(13)27-16)9-23-17(30)5-6-19(20,21)22;7-6(8)4-2-1-3-5-6;2-1(3)4;/h2-4,8,10,16,26-27H,5-7,9,11H2,1H3,(H,23,30)(H,24,31);1-5H2;;/q-1;;-1;. The summed E-state index contributed by atoms with van der Waals surface area (Å²) in [5.41, 5.74) is 2.55. The minimum atomic E-state index is -4.35. The van der Waals surface area contributed by atoms with E-state index in [1.165, 1.54) is 11.0 Å². The fraction of sp³-hybridized carbons (Fsp3) is 0.538. The smallest absolute Gasteiger partial charge is 0.385 e. The van der Waals surface area contributed by atoms with Crippen LogP contribution in [-0.2, 0) is 38.3 Å². The van der Waals surface area contributed by atoms with E-state index in [2.05, 4.69) is 31.5 Å². The quantitative estimate of drug-likeness (QED) is 0.183. The molecule has 4 N–H and O–H groups in total. The van der Waals surface area contributed by atoms with Crippen molar-refractivity contribution in [2.45, 2.75) is 83.2 Å². The van der Waals surface area contributed by atoms with E-state index in [1.54, 1.807) is 18.2 Å². The van der Waals surface area contributed by atoms with Gasteiger partial charge in [-0.25, -0.2) is 13.6 Å². The van der Waals surface area contributed by atoms with Gasteiger partial charge in [-0.1, -0.05) is 19.0 Å². The van der Waals surface area contributed by atoms with E-state index < -0.39 is 37.5 Å². The summed E-state index contributed by atoms with van der Waals surface area (Å²) >= 11 is 0. The summed E-state index contributed by atoms with van der Waals surface area (Å²) in [6.45, 7) is -0.299. The second-order valence-corrected chi connectivity index (χ2v) is 9.65. The number of nitrogens with one attached hydrogen (secondary N) is 4. The van der Waals surface area contributed by atoms with Gasteiger partial charge in [-0.3, -0.25) is 9.59 Å². The number of halogens is 8. The van der Waals surface area contributed by atoms with Crippen LogP contribution in [0, 0.1) is 13.1 Å². The Balaban J connectivity index is 0.000000624. The van der Waals surface area contributed by atoms with Crippen molar-refractivity contribution < 1.29 is 65.1 Å². The molecule has 1 aromatic carbocycles. The van der Waals surface area contributed by atoms with Crippen molar-refractivity contribution in [1.29, 1.82) is 0 Å². The number of hydrogen-bond donors (Lipinski definition) is 4. The number of carbonyl (C=O) groups excluding carboxylic acids is 2. The van der Waals surface area contributed by atoms with Crippen LogP contribution in [0.4, 0.5) is 46.5 Å². The summed E-state index contributed by atoms with van der Waals surface area (Å²) in [4.78, 5) is 25.2. The molecule has 1 aliphatic heterocycles. The fourth-order valence-corrected chi connectivity index (χ4v) is 4.01. The van der Waals surface area contributed by atoms with E-state index in [9.17, 15) is 44.7 Å². The Hall–Kier alpha value is -3.00. The van der Waals surface area contributed by atoms with Crippen molar-refractivity contribution in [3.63, 3.8) is 0 Å². The number of hydrogen-bond acceptors (Lipinski definition) is 6. The maximum atomic E-state index is 12.2. The molecule has 1 aliphatic carbocycles. The van der Waals surface area contributed by atoms with Gasteiger partial charge in [0.25, 0.3) is 5.91 Å². The van der Waals surface area contributed by atoms with Crippen LogP contribution >= 0.6 is 0 Å². The van der Waals surface area contributed by atoms with Crippen LogP contribution < -0.4 is 21.3 Å². The van der Waals surface area contributed by atoms with Crippen molar-refractivity contribution in [2.24, 2.45) is 0 Å². The van der Waals surface area contributed by atoms with E-state index in [1.807, 2.05) is 13.3 Å². The number of rotatable bonds is 9. The van der Waals surface area contributed by atoms with Crippen LogP contribution in [-0.4, -0.2) is 51.6 Å². The Morgan fingerprint density at radius 2 is 1.73 bits per heavy atom. The topological polar surface area (TPSA) is 113 Å². The Kier molecular flexibility index (Phi) is 16.6. The molecule has 1 fully saturated rings. The van der Waals surface area contributed by atoms with Gasteiger partial charge in [0.15, 0.2) is 12.4 Å². The summed E-state index contributed by atoms with van der Waals surface area (Å²) in [7, 11) is 0. The third-order valence-electron chi connectivity index (χ3n) is 6.04. The fourth-order valence-electron chi connectivity index (χ4n) is 4.01. The predicted molar refractivity (Wildman–Crippen MR) is 142 cm³/mol. The van der Waals surface area contributed by atoms with Gasteiger partial charge >= 0.3 is 6.18 Å². The summed E-state index contributed by atoms with van der Waals surface area (Å²) in [5.74, 6) is -3.32. The van der Waals surface area contributed by atoms with Gasteiger partial charge in [0, 0.05) is 46.2 Å².